The van der Waals surface area contributed by atoms with E-state index in [0.717, 1.165) is 10.9 Å². The van der Waals surface area contributed by atoms with Crippen LogP contribution < -0.4 is 4.72 Å². The molecule has 1 aliphatic rings. The Labute approximate surface area is 225 Å². The molecule has 10 heteroatoms. The first-order valence-electron chi connectivity index (χ1n) is 12.2. The third kappa shape index (κ3) is 5.50. The molecule has 1 saturated heterocycles. The van der Waals surface area contributed by atoms with Crippen molar-refractivity contribution < 1.29 is 17.6 Å². The second kappa shape index (κ2) is 10.7. The summed E-state index contributed by atoms with van der Waals surface area (Å²) in [6.07, 6.45) is 1.56. The molecule has 0 aliphatic carbocycles. The van der Waals surface area contributed by atoms with Gasteiger partial charge in [0.1, 0.15) is 10.7 Å². The molecule has 196 valence electrons. The Kier molecular flexibility index (Phi) is 7.34. The predicted octanol–water partition coefficient (Wildman–Crippen LogP) is 5.17. The lowest BCUT2D eigenvalue weighted by atomic mass is 10.1. The van der Waals surface area contributed by atoms with Gasteiger partial charge in [0.05, 0.1) is 10.5 Å². The quantitative estimate of drug-likeness (QED) is 0.357. The number of hydrogen-bond donors (Lipinski definition) is 1. The Bertz CT molecular complexity index is 1590. The van der Waals surface area contributed by atoms with Gasteiger partial charge in [-0.1, -0.05) is 35.9 Å². The number of hydrogen-bond acceptors (Lipinski definition) is 5. The van der Waals surface area contributed by atoms with E-state index in [1.54, 1.807) is 71.8 Å². The van der Waals surface area contributed by atoms with Gasteiger partial charge in [-0.3, -0.25) is 19.4 Å². The van der Waals surface area contributed by atoms with Crippen molar-refractivity contribution in [1.29, 1.82) is 0 Å². The summed E-state index contributed by atoms with van der Waals surface area (Å²) in [5.74, 6) is -0.562. The number of rotatable bonds is 6. The van der Waals surface area contributed by atoms with E-state index in [9.17, 15) is 17.6 Å². The molecule has 4 aromatic rings. The van der Waals surface area contributed by atoms with Gasteiger partial charge < -0.3 is 4.90 Å². The second-order valence-corrected chi connectivity index (χ2v) is 11.4. The highest BCUT2D eigenvalue weighted by molar-refractivity contribution is 7.93. The summed E-state index contributed by atoms with van der Waals surface area (Å²) in [5, 5.41) is 0.827. The molecule has 0 spiro atoms. The van der Waals surface area contributed by atoms with E-state index in [-0.39, 0.29) is 21.9 Å². The van der Waals surface area contributed by atoms with Gasteiger partial charge in [0.15, 0.2) is 0 Å². The molecule has 1 N–H and O–H groups in total. The SMILES string of the molecule is CC1CN(Cc2ccc(Cl)c(F)c2)CCN1C(=O)c1ccc(NS(=O)(=O)c2cccc3cccnc23)cc1. The molecule has 5 rings (SSSR count). The number of nitrogens with one attached hydrogen (secondary N) is 1. The van der Waals surface area contributed by atoms with Crippen LogP contribution in [0.15, 0.2) is 83.9 Å². The maximum Gasteiger partial charge on any atom is 0.264 e. The number of amides is 1. The van der Waals surface area contributed by atoms with Crippen LogP contribution in [0.4, 0.5) is 10.1 Å². The first-order valence-corrected chi connectivity index (χ1v) is 14.0. The van der Waals surface area contributed by atoms with Gasteiger partial charge in [0.25, 0.3) is 15.9 Å². The molecule has 1 unspecified atom stereocenters. The highest BCUT2D eigenvalue weighted by Gasteiger charge is 2.28. The molecule has 1 amide bonds. The van der Waals surface area contributed by atoms with Crippen LogP contribution >= 0.6 is 11.6 Å². The zero-order valence-corrected chi connectivity index (χ0v) is 22.2. The minimum absolute atomic E-state index is 0.0505. The number of fused-ring (bicyclic) bond motifs is 1. The molecule has 0 saturated carbocycles. The number of carbonyl (C=O) groups is 1. The Hall–Kier alpha value is -3.53. The lowest BCUT2D eigenvalue weighted by Crippen LogP contribution is -2.53. The number of pyridine rings is 1. The number of anilines is 1. The van der Waals surface area contributed by atoms with Gasteiger partial charge in [-0.2, -0.15) is 0 Å². The Morgan fingerprint density at radius 1 is 1.08 bits per heavy atom. The molecule has 7 nitrogen and oxygen atoms in total. The third-order valence-corrected chi connectivity index (χ3v) is 8.35. The number of nitrogens with zero attached hydrogens (tertiary/aromatic N) is 3. The minimum atomic E-state index is -3.88. The van der Waals surface area contributed by atoms with Crippen molar-refractivity contribution in [3.8, 4) is 0 Å². The second-order valence-electron chi connectivity index (χ2n) is 9.35. The monoisotopic (exact) mass is 552 g/mol. The average Bonchev–Trinajstić information content (AvgIpc) is 2.90. The number of benzene rings is 3. The van der Waals surface area contributed by atoms with Crippen molar-refractivity contribution in [2.24, 2.45) is 0 Å². The van der Waals surface area contributed by atoms with Gasteiger partial charge in [0, 0.05) is 55.1 Å². The van der Waals surface area contributed by atoms with Crippen LogP contribution in [0.1, 0.15) is 22.8 Å². The molecule has 1 fully saturated rings. The van der Waals surface area contributed by atoms with E-state index in [0.29, 0.717) is 42.9 Å². The maximum atomic E-state index is 13.8. The molecule has 2 heterocycles. The first-order chi connectivity index (χ1) is 18.2. The topological polar surface area (TPSA) is 82.6 Å². The third-order valence-electron chi connectivity index (χ3n) is 6.63. The van der Waals surface area contributed by atoms with Crippen LogP contribution in [0, 0.1) is 5.82 Å². The van der Waals surface area contributed by atoms with Crippen LogP contribution in [-0.4, -0.2) is 54.8 Å². The van der Waals surface area contributed by atoms with Gasteiger partial charge in [-0.05, 0) is 61.0 Å². The fourth-order valence-electron chi connectivity index (χ4n) is 4.72. The lowest BCUT2D eigenvalue weighted by Gasteiger charge is -2.40. The van der Waals surface area contributed by atoms with E-state index < -0.39 is 15.8 Å². The van der Waals surface area contributed by atoms with Crippen molar-refractivity contribution in [2.45, 2.75) is 24.4 Å². The minimum Gasteiger partial charge on any atom is -0.333 e. The number of carbonyl (C=O) groups excluding carboxylic acids is 1. The van der Waals surface area contributed by atoms with Gasteiger partial charge >= 0.3 is 0 Å². The summed E-state index contributed by atoms with van der Waals surface area (Å²) >= 11 is 5.78. The van der Waals surface area contributed by atoms with Crippen LogP contribution in [-0.2, 0) is 16.6 Å². The van der Waals surface area contributed by atoms with Crippen LogP contribution in [0.2, 0.25) is 5.02 Å². The largest absolute Gasteiger partial charge is 0.333 e. The Morgan fingerprint density at radius 3 is 2.58 bits per heavy atom. The zero-order chi connectivity index (χ0) is 26.9. The summed E-state index contributed by atoms with van der Waals surface area (Å²) in [7, 11) is -3.88. The number of halogens is 2. The van der Waals surface area contributed by atoms with Gasteiger partial charge in [-0.25, -0.2) is 12.8 Å². The molecule has 1 aliphatic heterocycles. The summed E-state index contributed by atoms with van der Waals surface area (Å²) in [5.41, 5.74) is 2.04. The summed E-state index contributed by atoms with van der Waals surface area (Å²) < 4.78 is 42.5. The molecular weight excluding hydrogens is 527 g/mol. The smallest absolute Gasteiger partial charge is 0.264 e. The number of piperazine rings is 1. The normalized spacial score (nSPS) is 16.5. The van der Waals surface area contributed by atoms with Gasteiger partial charge in [-0.15, -0.1) is 0 Å². The maximum absolute atomic E-state index is 13.8. The van der Waals surface area contributed by atoms with Crippen molar-refractivity contribution in [3.63, 3.8) is 0 Å². The molecular formula is C28H26ClFN4O3S. The van der Waals surface area contributed by atoms with Crippen molar-refractivity contribution in [1.82, 2.24) is 14.8 Å². The molecule has 1 aromatic heterocycles. The number of para-hydroxylation sites is 1. The average molecular weight is 553 g/mol. The molecule has 38 heavy (non-hydrogen) atoms. The fraction of sp³-hybridized carbons (Fsp3) is 0.214. The summed E-state index contributed by atoms with van der Waals surface area (Å²) in [4.78, 5) is 21.5. The van der Waals surface area contributed by atoms with E-state index in [4.69, 9.17) is 11.6 Å². The zero-order valence-electron chi connectivity index (χ0n) is 20.6. The summed E-state index contributed by atoms with van der Waals surface area (Å²) in [6.45, 7) is 4.37. The molecule has 0 radical (unpaired) electrons. The van der Waals surface area contributed by atoms with Gasteiger partial charge in [0.2, 0.25) is 0 Å². The lowest BCUT2D eigenvalue weighted by molar-refractivity contribution is 0.0475. The molecule has 0 bridgehead atoms. The standard InChI is InChI=1S/C28H26ClFN4O3S/c1-19-17-33(18-20-7-12-24(29)25(30)16-20)14-15-34(19)28(35)22-8-10-23(11-9-22)32-38(36,37)26-6-2-4-21-5-3-13-31-27(21)26/h2-13,16,19,32H,14-15,17-18H2,1H3. The van der Waals surface area contributed by atoms with Crippen LogP contribution in [0.3, 0.4) is 0 Å². The van der Waals surface area contributed by atoms with Crippen molar-refractivity contribution in [2.75, 3.05) is 24.4 Å². The van der Waals surface area contributed by atoms with Crippen molar-refractivity contribution in [3.05, 3.63) is 101 Å². The van der Waals surface area contributed by atoms with E-state index >= 15 is 0 Å². The molecule has 1 atom stereocenters. The summed E-state index contributed by atoms with van der Waals surface area (Å²) in [6, 6.07) is 19.7. The van der Waals surface area contributed by atoms with Crippen molar-refractivity contribution >= 4 is 44.1 Å². The Balaban J connectivity index is 1.24. The number of aromatic nitrogens is 1. The van der Waals surface area contributed by atoms with Crippen LogP contribution in [0.5, 0.6) is 0 Å². The van der Waals surface area contributed by atoms with E-state index in [1.807, 2.05) is 6.92 Å². The molecule has 3 aromatic carbocycles. The Morgan fingerprint density at radius 2 is 1.84 bits per heavy atom. The van der Waals surface area contributed by atoms with Crippen LogP contribution in [0.25, 0.3) is 10.9 Å². The predicted molar refractivity (Wildman–Crippen MR) is 146 cm³/mol. The fourth-order valence-corrected chi connectivity index (χ4v) is 6.08. The number of sulfonamides is 1. The van der Waals surface area contributed by atoms with E-state index in [2.05, 4.69) is 14.6 Å². The first kappa shape index (κ1) is 26.1. The highest BCUT2D eigenvalue weighted by atomic mass is 35.5. The van der Waals surface area contributed by atoms with E-state index in [1.165, 1.54) is 12.1 Å². The highest BCUT2D eigenvalue weighted by Crippen LogP contribution is 2.24.